The lowest BCUT2D eigenvalue weighted by Gasteiger charge is -2.42. The SMILES string of the molecule is CC1(C)COCCN1CC(O)COc1ccc(F)cc1. The molecule has 0 aromatic heterocycles. The molecule has 1 aliphatic heterocycles. The third-order valence-electron chi connectivity index (χ3n) is 3.50. The maximum Gasteiger partial charge on any atom is 0.123 e. The highest BCUT2D eigenvalue weighted by Gasteiger charge is 2.31. The second kappa shape index (κ2) is 6.52. The zero-order chi connectivity index (χ0) is 14.6. The smallest absolute Gasteiger partial charge is 0.123 e. The van der Waals surface area contributed by atoms with E-state index in [9.17, 15) is 9.50 Å². The molecule has 1 N–H and O–H groups in total. The Balaban J connectivity index is 1.80. The zero-order valence-electron chi connectivity index (χ0n) is 12.0. The van der Waals surface area contributed by atoms with Gasteiger partial charge in [0.05, 0.1) is 13.2 Å². The molecule has 1 aromatic carbocycles. The minimum atomic E-state index is -0.586. The van der Waals surface area contributed by atoms with Crippen LogP contribution < -0.4 is 4.74 Å². The molecule has 1 saturated heterocycles. The molecule has 1 heterocycles. The highest BCUT2D eigenvalue weighted by molar-refractivity contribution is 5.22. The molecule has 1 atom stereocenters. The molecule has 4 nitrogen and oxygen atoms in total. The maximum absolute atomic E-state index is 12.8. The van der Waals surface area contributed by atoms with Gasteiger partial charge in [0.2, 0.25) is 0 Å². The molecule has 0 bridgehead atoms. The molecular weight excluding hydrogens is 261 g/mol. The predicted octanol–water partition coefficient (Wildman–Crippen LogP) is 1.68. The number of hydrogen-bond acceptors (Lipinski definition) is 4. The van der Waals surface area contributed by atoms with Crippen LogP contribution in [0.15, 0.2) is 24.3 Å². The molecule has 2 rings (SSSR count). The first-order valence-electron chi connectivity index (χ1n) is 6.86. The summed E-state index contributed by atoms with van der Waals surface area (Å²) in [6.45, 7) is 7.09. The van der Waals surface area contributed by atoms with Crippen molar-refractivity contribution in [3.8, 4) is 5.75 Å². The maximum atomic E-state index is 12.8. The Hall–Kier alpha value is -1.17. The van der Waals surface area contributed by atoms with Crippen molar-refractivity contribution in [1.29, 1.82) is 0 Å². The minimum Gasteiger partial charge on any atom is -0.491 e. The summed E-state index contributed by atoms with van der Waals surface area (Å²) in [4.78, 5) is 2.20. The van der Waals surface area contributed by atoms with Crippen LogP contribution in [0.4, 0.5) is 4.39 Å². The van der Waals surface area contributed by atoms with Gasteiger partial charge in [-0.1, -0.05) is 0 Å². The average Bonchev–Trinajstić information content (AvgIpc) is 2.40. The second-order valence-corrected chi connectivity index (χ2v) is 5.73. The Bertz CT molecular complexity index is 422. The predicted molar refractivity (Wildman–Crippen MR) is 74.4 cm³/mol. The molecular formula is C15H22FNO3. The van der Waals surface area contributed by atoms with Crippen LogP contribution in [-0.2, 0) is 4.74 Å². The van der Waals surface area contributed by atoms with Crippen LogP contribution in [0.3, 0.4) is 0 Å². The van der Waals surface area contributed by atoms with Crippen molar-refractivity contribution in [2.75, 3.05) is 32.9 Å². The van der Waals surface area contributed by atoms with Crippen LogP contribution in [0.1, 0.15) is 13.8 Å². The number of hydrogen-bond donors (Lipinski definition) is 1. The van der Waals surface area contributed by atoms with Gasteiger partial charge in [-0.15, -0.1) is 0 Å². The summed E-state index contributed by atoms with van der Waals surface area (Å²) in [6, 6.07) is 5.79. The first-order valence-corrected chi connectivity index (χ1v) is 6.86. The molecule has 112 valence electrons. The van der Waals surface area contributed by atoms with Crippen molar-refractivity contribution in [2.45, 2.75) is 25.5 Å². The molecule has 0 aliphatic carbocycles. The highest BCUT2D eigenvalue weighted by atomic mass is 19.1. The van der Waals surface area contributed by atoms with E-state index in [-0.39, 0.29) is 18.0 Å². The van der Waals surface area contributed by atoms with Gasteiger partial charge in [-0.3, -0.25) is 4.90 Å². The van der Waals surface area contributed by atoms with E-state index in [1.807, 2.05) is 0 Å². The van der Waals surface area contributed by atoms with E-state index in [1.54, 1.807) is 12.1 Å². The van der Waals surface area contributed by atoms with E-state index in [4.69, 9.17) is 9.47 Å². The van der Waals surface area contributed by atoms with Crippen LogP contribution >= 0.6 is 0 Å². The van der Waals surface area contributed by atoms with Crippen molar-refractivity contribution < 1.29 is 19.0 Å². The molecule has 1 aromatic rings. The van der Waals surface area contributed by atoms with Gasteiger partial charge in [-0.05, 0) is 38.1 Å². The highest BCUT2D eigenvalue weighted by Crippen LogP contribution is 2.19. The third kappa shape index (κ3) is 4.16. The summed E-state index contributed by atoms with van der Waals surface area (Å²) in [6.07, 6.45) is -0.586. The van der Waals surface area contributed by atoms with E-state index < -0.39 is 6.10 Å². The number of morpholine rings is 1. The van der Waals surface area contributed by atoms with Gasteiger partial charge in [-0.25, -0.2) is 4.39 Å². The number of aliphatic hydroxyl groups excluding tert-OH is 1. The van der Waals surface area contributed by atoms with Crippen LogP contribution in [0, 0.1) is 5.82 Å². The van der Waals surface area contributed by atoms with Crippen molar-refractivity contribution in [1.82, 2.24) is 4.90 Å². The number of halogens is 1. The zero-order valence-corrected chi connectivity index (χ0v) is 12.0. The van der Waals surface area contributed by atoms with E-state index in [2.05, 4.69) is 18.7 Å². The van der Waals surface area contributed by atoms with Gasteiger partial charge in [-0.2, -0.15) is 0 Å². The van der Waals surface area contributed by atoms with Gasteiger partial charge < -0.3 is 14.6 Å². The van der Waals surface area contributed by atoms with Crippen molar-refractivity contribution in [3.63, 3.8) is 0 Å². The van der Waals surface area contributed by atoms with Gasteiger partial charge in [0.25, 0.3) is 0 Å². The first kappa shape index (κ1) is 15.2. The summed E-state index contributed by atoms with van der Waals surface area (Å²) in [5, 5.41) is 10.1. The number of β-amino-alcohol motifs (C(OH)–C–C–N with tert-alkyl or cyclic N) is 1. The largest absolute Gasteiger partial charge is 0.491 e. The molecule has 1 fully saturated rings. The molecule has 20 heavy (non-hydrogen) atoms. The van der Waals surface area contributed by atoms with Crippen molar-refractivity contribution >= 4 is 0 Å². The Morgan fingerprint density at radius 1 is 1.40 bits per heavy atom. The number of benzene rings is 1. The molecule has 0 spiro atoms. The van der Waals surface area contributed by atoms with Crippen LogP contribution in [-0.4, -0.2) is 54.6 Å². The lowest BCUT2D eigenvalue weighted by Crippen LogP contribution is -2.55. The monoisotopic (exact) mass is 283 g/mol. The molecule has 1 aliphatic rings. The second-order valence-electron chi connectivity index (χ2n) is 5.73. The summed E-state index contributed by atoms with van der Waals surface area (Å²) in [5.41, 5.74) is -0.0743. The number of rotatable bonds is 5. The molecule has 1 unspecified atom stereocenters. The summed E-state index contributed by atoms with van der Waals surface area (Å²) in [5.74, 6) is 0.264. The van der Waals surface area contributed by atoms with Crippen LogP contribution in [0.25, 0.3) is 0 Å². The van der Waals surface area contributed by atoms with Gasteiger partial charge >= 0.3 is 0 Å². The number of nitrogens with zero attached hydrogens (tertiary/aromatic N) is 1. The number of ether oxygens (including phenoxy) is 2. The van der Waals surface area contributed by atoms with E-state index in [0.717, 1.165) is 6.54 Å². The van der Waals surface area contributed by atoms with Gasteiger partial charge in [0.15, 0.2) is 0 Å². The average molecular weight is 283 g/mol. The van der Waals surface area contributed by atoms with E-state index in [1.165, 1.54) is 12.1 Å². The molecule has 5 heteroatoms. The standard InChI is InChI=1S/C15H22FNO3/c1-15(2)11-19-8-7-17(15)9-13(18)10-20-14-5-3-12(16)4-6-14/h3-6,13,18H,7-11H2,1-2H3. The minimum absolute atomic E-state index is 0.0743. The molecule has 0 amide bonds. The fraction of sp³-hybridized carbons (Fsp3) is 0.600. The summed E-state index contributed by atoms with van der Waals surface area (Å²) >= 11 is 0. The first-order chi connectivity index (χ1) is 9.47. The Labute approximate surface area is 119 Å². The lowest BCUT2D eigenvalue weighted by molar-refractivity contribution is -0.0703. The normalized spacial score (nSPS) is 20.6. The Morgan fingerprint density at radius 2 is 2.10 bits per heavy atom. The van der Waals surface area contributed by atoms with Crippen molar-refractivity contribution in [3.05, 3.63) is 30.1 Å². The molecule has 0 saturated carbocycles. The Kier molecular flexibility index (Phi) is 4.96. The number of aliphatic hydroxyl groups is 1. The van der Waals surface area contributed by atoms with Crippen LogP contribution in [0.5, 0.6) is 5.75 Å². The fourth-order valence-corrected chi connectivity index (χ4v) is 2.26. The van der Waals surface area contributed by atoms with Gasteiger partial charge in [0.1, 0.15) is 24.3 Å². The summed E-state index contributed by atoms with van der Waals surface area (Å²) in [7, 11) is 0. The molecule has 0 radical (unpaired) electrons. The topological polar surface area (TPSA) is 41.9 Å². The summed E-state index contributed by atoms with van der Waals surface area (Å²) < 4.78 is 23.7. The fourth-order valence-electron chi connectivity index (χ4n) is 2.26. The lowest BCUT2D eigenvalue weighted by atomic mass is 10.0. The van der Waals surface area contributed by atoms with Crippen LogP contribution in [0.2, 0.25) is 0 Å². The quantitative estimate of drug-likeness (QED) is 0.892. The van der Waals surface area contributed by atoms with Crippen molar-refractivity contribution in [2.24, 2.45) is 0 Å². The van der Waals surface area contributed by atoms with E-state index >= 15 is 0 Å². The third-order valence-corrected chi connectivity index (χ3v) is 3.50. The van der Waals surface area contributed by atoms with E-state index in [0.29, 0.717) is 25.5 Å². The Morgan fingerprint density at radius 3 is 2.75 bits per heavy atom. The van der Waals surface area contributed by atoms with Gasteiger partial charge in [0, 0.05) is 18.6 Å².